The van der Waals surface area contributed by atoms with Crippen molar-refractivity contribution in [2.45, 2.75) is 36.3 Å². The molecule has 0 radical (unpaired) electrons. The Morgan fingerprint density at radius 1 is 1.34 bits per heavy atom. The molecule has 0 aliphatic heterocycles. The fourth-order valence-corrected chi connectivity index (χ4v) is 4.58. The highest BCUT2D eigenvalue weighted by molar-refractivity contribution is 7.85. The highest BCUT2D eigenvalue weighted by Gasteiger charge is 2.45. The molecule has 1 aliphatic carbocycles. The summed E-state index contributed by atoms with van der Waals surface area (Å²) in [6, 6.07) is 4.63. The lowest BCUT2D eigenvalue weighted by Crippen LogP contribution is -2.32. The lowest BCUT2D eigenvalue weighted by Gasteiger charge is -2.13. The van der Waals surface area contributed by atoms with Crippen LogP contribution in [0.3, 0.4) is 0 Å². The number of hydrogen-bond acceptors (Lipinski definition) is 6. The summed E-state index contributed by atoms with van der Waals surface area (Å²) >= 11 is 0. The highest BCUT2D eigenvalue weighted by atomic mass is 32.2. The number of rotatable bonds is 5. The Labute approximate surface area is 182 Å². The molecular weight excluding hydrogens is 447 g/mol. The van der Waals surface area contributed by atoms with Crippen molar-refractivity contribution in [2.24, 2.45) is 7.05 Å². The van der Waals surface area contributed by atoms with E-state index in [4.69, 9.17) is 0 Å². The maximum absolute atomic E-state index is 13.4. The largest absolute Gasteiger partial charge is 0.435 e. The minimum absolute atomic E-state index is 0.0873. The first kappa shape index (κ1) is 22.0. The minimum atomic E-state index is -4.84. The number of nitriles is 1. The summed E-state index contributed by atoms with van der Waals surface area (Å²) in [5, 5.41) is 9.48. The lowest BCUT2D eigenvalue weighted by atomic mass is 9.99. The molecule has 0 N–H and O–H groups in total. The van der Waals surface area contributed by atoms with Crippen LogP contribution in [-0.4, -0.2) is 36.3 Å². The van der Waals surface area contributed by atoms with E-state index in [-0.39, 0.29) is 33.0 Å². The second kappa shape index (κ2) is 7.44. The van der Waals surface area contributed by atoms with Crippen LogP contribution < -0.4 is 10.4 Å². The molecule has 1 saturated carbocycles. The molecule has 32 heavy (non-hydrogen) atoms. The zero-order valence-electron chi connectivity index (χ0n) is 17.4. The number of nitrogens with zero attached hydrogens (tertiary/aromatic N) is 5. The van der Waals surface area contributed by atoms with Crippen molar-refractivity contribution in [1.29, 1.82) is 5.26 Å². The van der Waals surface area contributed by atoms with Gasteiger partial charge in [0, 0.05) is 19.0 Å². The SMILES string of the molecule is CC[S@](=O)c1cc(C2(C#N)CC2)cnc1-c1nc2cc(C(F)(F)F)n(OC)c(=O)c2n1C. The molecule has 1 aliphatic rings. The first-order chi connectivity index (χ1) is 15.1. The highest BCUT2D eigenvalue weighted by Crippen LogP contribution is 2.48. The van der Waals surface area contributed by atoms with Gasteiger partial charge in [-0.2, -0.15) is 18.4 Å². The third-order valence-electron chi connectivity index (χ3n) is 5.56. The Morgan fingerprint density at radius 2 is 2.03 bits per heavy atom. The topological polar surface area (TPSA) is 103 Å². The van der Waals surface area contributed by atoms with Gasteiger partial charge in [-0.05, 0) is 30.5 Å². The van der Waals surface area contributed by atoms with Crippen LogP contribution in [0, 0.1) is 11.3 Å². The Balaban J connectivity index is 1.99. The minimum Gasteiger partial charge on any atom is -0.413 e. The maximum Gasteiger partial charge on any atom is 0.435 e. The van der Waals surface area contributed by atoms with Crippen LogP contribution in [0.5, 0.6) is 0 Å². The van der Waals surface area contributed by atoms with Crippen LogP contribution in [0.25, 0.3) is 22.6 Å². The van der Waals surface area contributed by atoms with E-state index < -0.39 is 33.6 Å². The summed E-state index contributed by atoms with van der Waals surface area (Å²) in [4.78, 5) is 26.4. The maximum atomic E-state index is 13.4. The number of fused-ring (bicyclic) bond motifs is 1. The zero-order chi connectivity index (χ0) is 23.4. The van der Waals surface area contributed by atoms with E-state index in [1.807, 2.05) is 0 Å². The number of imidazole rings is 1. The molecule has 3 heterocycles. The van der Waals surface area contributed by atoms with Crippen molar-refractivity contribution in [3.05, 3.63) is 39.9 Å². The molecule has 0 bridgehead atoms. The molecule has 0 saturated heterocycles. The van der Waals surface area contributed by atoms with Gasteiger partial charge >= 0.3 is 11.7 Å². The fourth-order valence-electron chi connectivity index (χ4n) is 3.65. The molecule has 1 atom stereocenters. The van der Waals surface area contributed by atoms with Gasteiger partial charge in [-0.3, -0.25) is 14.0 Å². The number of aromatic nitrogens is 4. The third kappa shape index (κ3) is 3.28. The van der Waals surface area contributed by atoms with Gasteiger partial charge in [0.1, 0.15) is 18.3 Å². The van der Waals surface area contributed by atoms with Crippen LogP contribution in [0.15, 0.2) is 28.0 Å². The van der Waals surface area contributed by atoms with Crippen LogP contribution in [-0.2, 0) is 29.4 Å². The van der Waals surface area contributed by atoms with Gasteiger partial charge in [0.25, 0.3) is 0 Å². The van der Waals surface area contributed by atoms with Gasteiger partial charge in [0.15, 0.2) is 11.5 Å². The van der Waals surface area contributed by atoms with Gasteiger partial charge in [-0.1, -0.05) is 6.92 Å². The molecule has 8 nitrogen and oxygen atoms in total. The molecule has 0 amide bonds. The monoisotopic (exact) mass is 465 g/mol. The van der Waals surface area contributed by atoms with E-state index in [0.717, 1.165) is 13.2 Å². The lowest BCUT2D eigenvalue weighted by molar-refractivity contribution is -0.151. The summed E-state index contributed by atoms with van der Waals surface area (Å²) in [7, 11) is 0.933. The first-order valence-electron chi connectivity index (χ1n) is 9.62. The van der Waals surface area contributed by atoms with Gasteiger partial charge in [-0.15, -0.1) is 4.73 Å². The van der Waals surface area contributed by atoms with E-state index in [2.05, 4.69) is 20.9 Å². The number of aryl methyl sites for hydroxylation is 1. The molecule has 1 fully saturated rings. The third-order valence-corrected chi connectivity index (χ3v) is 6.89. The van der Waals surface area contributed by atoms with E-state index in [1.54, 1.807) is 13.0 Å². The Kier molecular flexibility index (Phi) is 5.12. The molecule has 0 spiro atoms. The molecule has 4 rings (SSSR count). The predicted molar refractivity (Wildman–Crippen MR) is 109 cm³/mol. The van der Waals surface area contributed by atoms with E-state index in [0.29, 0.717) is 23.3 Å². The summed E-state index contributed by atoms with van der Waals surface area (Å²) in [5.74, 6) is 0.348. The van der Waals surface area contributed by atoms with E-state index in [1.165, 1.54) is 17.8 Å². The summed E-state index contributed by atoms with van der Waals surface area (Å²) < 4.78 is 54.6. The van der Waals surface area contributed by atoms with Crippen LogP contribution in [0.1, 0.15) is 31.0 Å². The van der Waals surface area contributed by atoms with Crippen molar-refractivity contribution in [2.75, 3.05) is 12.9 Å². The Bertz CT molecular complexity index is 1370. The molecule has 3 aromatic heterocycles. The van der Waals surface area contributed by atoms with E-state index in [9.17, 15) is 27.4 Å². The number of halogens is 3. The summed E-state index contributed by atoms with van der Waals surface area (Å²) in [5.41, 5.74) is -2.48. The average Bonchev–Trinajstić information content (AvgIpc) is 3.49. The second-order valence-corrected chi connectivity index (χ2v) is 9.14. The molecule has 168 valence electrons. The first-order valence-corrected chi connectivity index (χ1v) is 10.9. The van der Waals surface area contributed by atoms with Crippen LogP contribution in [0.4, 0.5) is 13.2 Å². The van der Waals surface area contributed by atoms with E-state index >= 15 is 0 Å². The molecule has 12 heteroatoms. The summed E-state index contributed by atoms with van der Waals surface area (Å²) in [6.45, 7) is 1.71. The van der Waals surface area contributed by atoms with Crippen molar-refractivity contribution in [1.82, 2.24) is 19.3 Å². The smallest absolute Gasteiger partial charge is 0.413 e. The Morgan fingerprint density at radius 3 is 2.56 bits per heavy atom. The van der Waals surface area contributed by atoms with Crippen molar-refractivity contribution in [3.8, 4) is 17.6 Å². The second-order valence-electron chi connectivity index (χ2n) is 7.44. The summed E-state index contributed by atoms with van der Waals surface area (Å²) in [6.07, 6.45) is -2.00. The molecule has 3 aromatic rings. The van der Waals surface area contributed by atoms with Crippen LogP contribution in [0.2, 0.25) is 0 Å². The van der Waals surface area contributed by atoms with Crippen molar-refractivity contribution in [3.63, 3.8) is 0 Å². The normalized spacial score (nSPS) is 16.0. The van der Waals surface area contributed by atoms with Gasteiger partial charge in [0.2, 0.25) is 0 Å². The van der Waals surface area contributed by atoms with Crippen molar-refractivity contribution < 1.29 is 22.2 Å². The van der Waals surface area contributed by atoms with Crippen molar-refractivity contribution >= 4 is 21.8 Å². The standard InChI is InChI=1S/C20H18F3N5O3S/c1-4-32(30)13-7-11(19(10-24)5-6-19)9-25-15(13)17-26-12-8-14(20(21,22)23)28(31-3)18(29)16(12)27(17)2/h7-9H,4-6H2,1-3H3/t32-/m0/s1. The van der Waals surface area contributed by atoms with Gasteiger partial charge in [-0.25, -0.2) is 4.98 Å². The predicted octanol–water partition coefficient (Wildman–Crippen LogP) is 2.56. The van der Waals surface area contributed by atoms with Gasteiger partial charge in [0.05, 0.1) is 32.7 Å². The molecule has 0 aromatic carbocycles. The average molecular weight is 465 g/mol. The number of pyridine rings is 2. The Hall–Kier alpha value is -3.20. The number of alkyl halides is 3. The zero-order valence-corrected chi connectivity index (χ0v) is 18.2. The van der Waals surface area contributed by atoms with Crippen LogP contribution >= 0.6 is 0 Å². The number of hydrogen-bond donors (Lipinski definition) is 0. The molecule has 0 unspecified atom stereocenters. The van der Waals surface area contributed by atoms with Gasteiger partial charge < -0.3 is 9.40 Å². The fraction of sp³-hybridized carbons (Fsp3) is 0.400. The molecular formula is C20H18F3N5O3S. The quantitative estimate of drug-likeness (QED) is 0.574.